The number of aromatic nitrogens is 1. The lowest BCUT2D eigenvalue weighted by Gasteiger charge is -1.99. The van der Waals surface area contributed by atoms with Crippen molar-refractivity contribution in [2.24, 2.45) is 5.73 Å². The van der Waals surface area contributed by atoms with Gasteiger partial charge in [0.15, 0.2) is 0 Å². The predicted octanol–water partition coefficient (Wildman–Crippen LogP) is 1.75. The minimum absolute atomic E-state index is 0.0920. The molecule has 0 aromatic carbocycles. The molecule has 2 rings (SSSR count). The van der Waals surface area contributed by atoms with Gasteiger partial charge < -0.3 is 14.6 Å². The van der Waals surface area contributed by atoms with Crippen molar-refractivity contribution in [2.75, 3.05) is 0 Å². The van der Waals surface area contributed by atoms with Crippen LogP contribution in [0.3, 0.4) is 0 Å². The van der Waals surface area contributed by atoms with E-state index in [-0.39, 0.29) is 6.04 Å². The second-order valence-corrected chi connectivity index (χ2v) is 3.66. The number of nitrogens with zero attached hydrogens (tertiary/aromatic N) is 1. The Labute approximate surface area is 88.1 Å². The number of furan rings is 1. The molecular formula is C11H14N2O2. The Kier molecular flexibility index (Phi) is 2.87. The van der Waals surface area contributed by atoms with Crippen LogP contribution in [0.15, 0.2) is 33.4 Å². The summed E-state index contributed by atoms with van der Waals surface area (Å²) in [6.45, 7) is 1.94. The smallest absolute Gasteiger partial charge is 0.201 e. The Morgan fingerprint density at radius 3 is 3.00 bits per heavy atom. The summed E-state index contributed by atoms with van der Waals surface area (Å²) in [6.07, 6.45) is 4.67. The van der Waals surface area contributed by atoms with Crippen molar-refractivity contribution >= 4 is 0 Å². The first-order valence-electron chi connectivity index (χ1n) is 4.95. The van der Waals surface area contributed by atoms with Gasteiger partial charge in [0.2, 0.25) is 5.89 Å². The normalized spacial score (nSPS) is 12.9. The van der Waals surface area contributed by atoms with Gasteiger partial charge in [0.05, 0.1) is 18.9 Å². The van der Waals surface area contributed by atoms with E-state index in [1.165, 1.54) is 0 Å². The van der Waals surface area contributed by atoms with Gasteiger partial charge in [-0.25, -0.2) is 4.98 Å². The zero-order valence-electron chi connectivity index (χ0n) is 8.64. The molecule has 2 aromatic rings. The van der Waals surface area contributed by atoms with Crippen LogP contribution in [-0.2, 0) is 12.8 Å². The van der Waals surface area contributed by atoms with Gasteiger partial charge in [-0.2, -0.15) is 0 Å². The maximum atomic E-state index is 5.66. The highest BCUT2D eigenvalue weighted by Crippen LogP contribution is 2.11. The van der Waals surface area contributed by atoms with Gasteiger partial charge in [0.25, 0.3) is 0 Å². The lowest BCUT2D eigenvalue weighted by molar-refractivity contribution is 0.432. The topological polar surface area (TPSA) is 65.2 Å². The van der Waals surface area contributed by atoms with E-state index in [4.69, 9.17) is 14.6 Å². The van der Waals surface area contributed by atoms with Gasteiger partial charge in [-0.15, -0.1) is 0 Å². The molecule has 0 fully saturated rings. The summed E-state index contributed by atoms with van der Waals surface area (Å²) >= 11 is 0. The third-order valence-electron chi connectivity index (χ3n) is 2.03. The largest absolute Gasteiger partial charge is 0.469 e. The number of oxazole rings is 1. The van der Waals surface area contributed by atoms with E-state index < -0.39 is 0 Å². The van der Waals surface area contributed by atoms with E-state index in [0.717, 1.165) is 11.5 Å². The summed E-state index contributed by atoms with van der Waals surface area (Å²) in [5.41, 5.74) is 5.66. The average molecular weight is 206 g/mol. The first kappa shape index (κ1) is 9.98. The molecule has 0 spiro atoms. The highest BCUT2D eigenvalue weighted by atomic mass is 16.4. The van der Waals surface area contributed by atoms with E-state index in [1.54, 1.807) is 12.5 Å². The van der Waals surface area contributed by atoms with Crippen molar-refractivity contribution in [2.45, 2.75) is 25.8 Å². The van der Waals surface area contributed by atoms with Gasteiger partial charge in [-0.1, -0.05) is 0 Å². The van der Waals surface area contributed by atoms with Crippen LogP contribution in [0.5, 0.6) is 0 Å². The van der Waals surface area contributed by atoms with Crippen molar-refractivity contribution in [3.05, 3.63) is 42.0 Å². The molecule has 1 unspecified atom stereocenters. The minimum Gasteiger partial charge on any atom is -0.469 e. The Bertz CT molecular complexity index is 404. The van der Waals surface area contributed by atoms with Gasteiger partial charge in [0.1, 0.15) is 11.5 Å². The molecule has 0 aliphatic heterocycles. The second-order valence-electron chi connectivity index (χ2n) is 3.66. The fourth-order valence-corrected chi connectivity index (χ4v) is 1.40. The summed E-state index contributed by atoms with van der Waals surface area (Å²) in [6, 6.07) is 3.84. The SMILES string of the molecule is CC(N)Cc1cnc(Cc2ccco2)o1. The molecule has 0 aliphatic rings. The Hall–Kier alpha value is -1.55. The molecule has 2 N–H and O–H groups in total. The summed E-state index contributed by atoms with van der Waals surface area (Å²) in [7, 11) is 0. The van der Waals surface area contributed by atoms with E-state index in [9.17, 15) is 0 Å². The van der Waals surface area contributed by atoms with Crippen molar-refractivity contribution < 1.29 is 8.83 Å². The van der Waals surface area contributed by atoms with Crippen molar-refractivity contribution in [1.82, 2.24) is 4.98 Å². The lowest BCUT2D eigenvalue weighted by Crippen LogP contribution is -2.17. The molecule has 4 heteroatoms. The second kappa shape index (κ2) is 4.31. The van der Waals surface area contributed by atoms with Crippen LogP contribution in [0.2, 0.25) is 0 Å². The van der Waals surface area contributed by atoms with Crippen molar-refractivity contribution in [3.63, 3.8) is 0 Å². The first-order valence-corrected chi connectivity index (χ1v) is 4.95. The molecular weight excluding hydrogens is 192 g/mol. The molecule has 0 saturated carbocycles. The van der Waals surface area contributed by atoms with Crippen molar-refractivity contribution in [3.8, 4) is 0 Å². The minimum atomic E-state index is 0.0920. The third-order valence-corrected chi connectivity index (χ3v) is 2.03. The van der Waals surface area contributed by atoms with Gasteiger partial charge in [0, 0.05) is 12.5 Å². The van der Waals surface area contributed by atoms with Crippen LogP contribution in [0.1, 0.15) is 24.3 Å². The summed E-state index contributed by atoms with van der Waals surface area (Å²) in [4.78, 5) is 4.16. The number of hydrogen-bond acceptors (Lipinski definition) is 4. The average Bonchev–Trinajstić information content (AvgIpc) is 2.77. The van der Waals surface area contributed by atoms with Crippen LogP contribution in [0, 0.1) is 0 Å². The Morgan fingerprint density at radius 2 is 2.33 bits per heavy atom. The molecule has 0 bridgehead atoms. The molecule has 80 valence electrons. The zero-order chi connectivity index (χ0) is 10.7. The van der Waals surface area contributed by atoms with Crippen LogP contribution in [-0.4, -0.2) is 11.0 Å². The molecule has 2 heterocycles. The maximum Gasteiger partial charge on any atom is 0.201 e. The van der Waals surface area contributed by atoms with E-state index >= 15 is 0 Å². The fraction of sp³-hybridized carbons (Fsp3) is 0.364. The zero-order valence-corrected chi connectivity index (χ0v) is 8.64. The van der Waals surface area contributed by atoms with Gasteiger partial charge in [-0.3, -0.25) is 0 Å². The number of rotatable bonds is 4. The van der Waals surface area contributed by atoms with Crippen LogP contribution in [0.4, 0.5) is 0 Å². The quantitative estimate of drug-likeness (QED) is 0.827. The molecule has 4 nitrogen and oxygen atoms in total. The molecule has 0 radical (unpaired) electrons. The molecule has 1 atom stereocenters. The molecule has 0 amide bonds. The number of nitrogens with two attached hydrogens (primary N) is 1. The fourth-order valence-electron chi connectivity index (χ4n) is 1.40. The van der Waals surface area contributed by atoms with Crippen molar-refractivity contribution in [1.29, 1.82) is 0 Å². The van der Waals surface area contributed by atoms with E-state index in [0.29, 0.717) is 18.7 Å². The summed E-state index contributed by atoms with van der Waals surface area (Å²) in [5, 5.41) is 0. The maximum absolute atomic E-state index is 5.66. The summed E-state index contributed by atoms with van der Waals surface area (Å²) in [5.74, 6) is 2.34. The molecule has 0 saturated heterocycles. The number of hydrogen-bond donors (Lipinski definition) is 1. The van der Waals surface area contributed by atoms with Crippen LogP contribution >= 0.6 is 0 Å². The highest BCUT2D eigenvalue weighted by Gasteiger charge is 2.07. The predicted molar refractivity (Wildman–Crippen MR) is 55.4 cm³/mol. The molecule has 2 aromatic heterocycles. The van der Waals surface area contributed by atoms with E-state index in [2.05, 4.69) is 4.98 Å². The van der Waals surface area contributed by atoms with E-state index in [1.807, 2.05) is 19.1 Å². The first-order chi connectivity index (χ1) is 7.24. The highest BCUT2D eigenvalue weighted by molar-refractivity contribution is 5.06. The molecule has 15 heavy (non-hydrogen) atoms. The third kappa shape index (κ3) is 2.70. The van der Waals surface area contributed by atoms with Crippen LogP contribution < -0.4 is 5.73 Å². The monoisotopic (exact) mass is 206 g/mol. The van der Waals surface area contributed by atoms with Gasteiger partial charge >= 0.3 is 0 Å². The Balaban J connectivity index is 2.01. The summed E-state index contributed by atoms with van der Waals surface area (Å²) < 4.78 is 10.7. The lowest BCUT2D eigenvalue weighted by atomic mass is 10.2. The standard InChI is InChI=1S/C11H14N2O2/c1-8(12)5-10-7-13-11(15-10)6-9-3-2-4-14-9/h2-4,7-8H,5-6,12H2,1H3. The molecule has 0 aliphatic carbocycles. The van der Waals surface area contributed by atoms with Crippen LogP contribution in [0.25, 0.3) is 0 Å². The Morgan fingerprint density at radius 1 is 1.47 bits per heavy atom. The van der Waals surface area contributed by atoms with Gasteiger partial charge in [-0.05, 0) is 19.1 Å².